The number of benzene rings is 2. The van der Waals surface area contributed by atoms with Gasteiger partial charge >= 0.3 is 0 Å². The molecule has 0 atom stereocenters. The van der Waals surface area contributed by atoms with Crippen LogP contribution in [0, 0.1) is 3.57 Å². The van der Waals surface area contributed by atoms with Crippen LogP contribution in [0.15, 0.2) is 48.5 Å². The summed E-state index contributed by atoms with van der Waals surface area (Å²) in [4.78, 5) is 14.6. The number of hydrogen-bond acceptors (Lipinski definition) is 3. The van der Waals surface area contributed by atoms with Crippen molar-refractivity contribution in [2.45, 2.75) is 13.1 Å². The molecule has 0 unspecified atom stereocenters. The third-order valence-electron chi connectivity index (χ3n) is 4.07. The van der Waals surface area contributed by atoms with Crippen molar-refractivity contribution >= 4 is 28.5 Å². The first-order chi connectivity index (χ1) is 11.7. The predicted molar refractivity (Wildman–Crippen MR) is 103 cm³/mol. The maximum Gasteiger partial charge on any atom is 0.251 e. The molecule has 1 aliphatic rings. The maximum atomic E-state index is 12.2. The fourth-order valence-electron chi connectivity index (χ4n) is 2.69. The Labute approximate surface area is 156 Å². The van der Waals surface area contributed by atoms with Crippen LogP contribution >= 0.6 is 22.6 Å². The summed E-state index contributed by atoms with van der Waals surface area (Å²) >= 11 is 2.21. The summed E-state index contributed by atoms with van der Waals surface area (Å²) in [6.07, 6.45) is 0. The second kappa shape index (κ2) is 8.60. The topological polar surface area (TPSA) is 41.6 Å². The highest BCUT2D eigenvalue weighted by Gasteiger charge is 2.10. The van der Waals surface area contributed by atoms with Crippen molar-refractivity contribution in [3.05, 3.63) is 68.8 Å². The van der Waals surface area contributed by atoms with Gasteiger partial charge in [-0.05, 0) is 51.9 Å². The highest BCUT2D eigenvalue weighted by atomic mass is 127. The molecular formula is C19H21IN2O2. The molecule has 0 saturated carbocycles. The van der Waals surface area contributed by atoms with E-state index in [0.29, 0.717) is 12.1 Å². The SMILES string of the molecule is O=C(NCc1ccc(CN2CCOCC2)cc1)c1cccc(I)c1. The van der Waals surface area contributed by atoms with Crippen molar-refractivity contribution in [1.82, 2.24) is 10.2 Å². The van der Waals surface area contributed by atoms with Crippen LogP contribution in [0.25, 0.3) is 0 Å². The summed E-state index contributed by atoms with van der Waals surface area (Å²) in [5, 5.41) is 2.97. The average molecular weight is 436 g/mol. The van der Waals surface area contributed by atoms with E-state index in [4.69, 9.17) is 4.74 Å². The fourth-order valence-corrected chi connectivity index (χ4v) is 3.24. The van der Waals surface area contributed by atoms with E-state index in [1.54, 1.807) is 0 Å². The zero-order valence-corrected chi connectivity index (χ0v) is 15.7. The van der Waals surface area contributed by atoms with Crippen molar-refractivity contribution in [3.8, 4) is 0 Å². The van der Waals surface area contributed by atoms with Crippen LogP contribution in [0.3, 0.4) is 0 Å². The molecule has 1 N–H and O–H groups in total. The van der Waals surface area contributed by atoms with E-state index < -0.39 is 0 Å². The van der Waals surface area contributed by atoms with Gasteiger partial charge in [-0.3, -0.25) is 9.69 Å². The highest BCUT2D eigenvalue weighted by Crippen LogP contribution is 2.10. The Bertz CT molecular complexity index is 682. The molecule has 5 heteroatoms. The van der Waals surface area contributed by atoms with Gasteiger partial charge in [-0.15, -0.1) is 0 Å². The lowest BCUT2D eigenvalue weighted by atomic mass is 10.1. The number of rotatable bonds is 5. The smallest absolute Gasteiger partial charge is 0.251 e. The minimum Gasteiger partial charge on any atom is -0.379 e. The van der Waals surface area contributed by atoms with Gasteiger partial charge in [0.15, 0.2) is 0 Å². The Morgan fingerprint density at radius 2 is 1.79 bits per heavy atom. The Morgan fingerprint density at radius 3 is 2.50 bits per heavy atom. The third-order valence-corrected chi connectivity index (χ3v) is 4.74. The Hall–Kier alpha value is -1.44. The van der Waals surface area contributed by atoms with Gasteiger partial charge in [0.2, 0.25) is 0 Å². The molecule has 24 heavy (non-hydrogen) atoms. The molecule has 126 valence electrons. The molecule has 0 aliphatic carbocycles. The molecule has 0 radical (unpaired) electrons. The van der Waals surface area contributed by atoms with Gasteiger partial charge < -0.3 is 10.1 Å². The van der Waals surface area contributed by atoms with E-state index in [2.05, 4.69) is 57.1 Å². The average Bonchev–Trinajstić information content (AvgIpc) is 2.62. The Morgan fingerprint density at radius 1 is 1.08 bits per heavy atom. The second-order valence-corrected chi connectivity index (χ2v) is 7.14. The predicted octanol–water partition coefficient (Wildman–Crippen LogP) is 3.05. The molecule has 2 aromatic carbocycles. The van der Waals surface area contributed by atoms with Crippen molar-refractivity contribution in [2.24, 2.45) is 0 Å². The lowest BCUT2D eigenvalue weighted by Gasteiger charge is -2.26. The van der Waals surface area contributed by atoms with E-state index in [0.717, 1.165) is 42.0 Å². The van der Waals surface area contributed by atoms with E-state index in [9.17, 15) is 4.79 Å². The number of ether oxygens (including phenoxy) is 1. The molecule has 1 heterocycles. The molecule has 0 bridgehead atoms. The number of hydrogen-bond donors (Lipinski definition) is 1. The summed E-state index contributed by atoms with van der Waals surface area (Å²) in [5.74, 6) is -0.0362. The number of halogens is 1. The monoisotopic (exact) mass is 436 g/mol. The molecule has 1 amide bonds. The minimum absolute atomic E-state index is 0.0362. The number of carbonyl (C=O) groups excluding carboxylic acids is 1. The van der Waals surface area contributed by atoms with Crippen LogP contribution in [0.2, 0.25) is 0 Å². The molecule has 2 aromatic rings. The summed E-state index contributed by atoms with van der Waals surface area (Å²) in [5.41, 5.74) is 3.11. The maximum absolute atomic E-state index is 12.2. The van der Waals surface area contributed by atoms with Gasteiger partial charge in [0.05, 0.1) is 13.2 Å². The van der Waals surface area contributed by atoms with Crippen LogP contribution in [-0.2, 0) is 17.8 Å². The van der Waals surface area contributed by atoms with Crippen LogP contribution in [0.5, 0.6) is 0 Å². The van der Waals surface area contributed by atoms with Crippen molar-refractivity contribution in [3.63, 3.8) is 0 Å². The van der Waals surface area contributed by atoms with Crippen molar-refractivity contribution in [1.29, 1.82) is 0 Å². The Balaban J connectivity index is 1.51. The van der Waals surface area contributed by atoms with Gasteiger partial charge in [0.25, 0.3) is 5.91 Å². The summed E-state index contributed by atoms with van der Waals surface area (Å²) < 4.78 is 6.44. The molecule has 4 nitrogen and oxygen atoms in total. The normalized spacial score (nSPS) is 15.2. The lowest BCUT2D eigenvalue weighted by molar-refractivity contribution is 0.0342. The van der Waals surface area contributed by atoms with E-state index in [1.807, 2.05) is 24.3 Å². The lowest BCUT2D eigenvalue weighted by Crippen LogP contribution is -2.35. The zero-order chi connectivity index (χ0) is 16.8. The van der Waals surface area contributed by atoms with Crippen LogP contribution in [-0.4, -0.2) is 37.1 Å². The largest absolute Gasteiger partial charge is 0.379 e. The second-order valence-electron chi connectivity index (χ2n) is 5.90. The number of morpholine rings is 1. The first-order valence-electron chi connectivity index (χ1n) is 8.12. The van der Waals surface area contributed by atoms with Gasteiger partial charge in [-0.25, -0.2) is 0 Å². The van der Waals surface area contributed by atoms with Crippen molar-refractivity contribution < 1.29 is 9.53 Å². The van der Waals surface area contributed by atoms with Gasteiger partial charge in [-0.1, -0.05) is 30.3 Å². The summed E-state index contributed by atoms with van der Waals surface area (Å²) in [6, 6.07) is 16.1. The Kier molecular flexibility index (Phi) is 6.23. The van der Waals surface area contributed by atoms with Gasteiger partial charge in [-0.2, -0.15) is 0 Å². The summed E-state index contributed by atoms with van der Waals surface area (Å²) in [7, 11) is 0. The third kappa shape index (κ3) is 5.03. The van der Waals surface area contributed by atoms with Gasteiger partial charge in [0, 0.05) is 35.3 Å². The molecule has 3 rings (SSSR count). The molecule has 1 saturated heterocycles. The minimum atomic E-state index is -0.0362. The molecule has 0 aromatic heterocycles. The van der Waals surface area contributed by atoms with E-state index in [1.165, 1.54) is 5.56 Å². The number of carbonyl (C=O) groups is 1. The quantitative estimate of drug-likeness (QED) is 0.733. The first-order valence-corrected chi connectivity index (χ1v) is 9.20. The molecule has 0 spiro atoms. The fraction of sp³-hybridized carbons (Fsp3) is 0.316. The van der Waals surface area contributed by atoms with Crippen LogP contribution in [0.4, 0.5) is 0 Å². The standard InChI is InChI=1S/C19H21IN2O2/c20-18-3-1-2-17(12-18)19(23)21-13-15-4-6-16(7-5-15)14-22-8-10-24-11-9-22/h1-7,12H,8-11,13-14H2,(H,21,23). The number of nitrogens with one attached hydrogen (secondary N) is 1. The molecule has 1 fully saturated rings. The zero-order valence-electron chi connectivity index (χ0n) is 13.5. The molecular weight excluding hydrogens is 415 g/mol. The van der Waals surface area contributed by atoms with E-state index >= 15 is 0 Å². The highest BCUT2D eigenvalue weighted by molar-refractivity contribution is 14.1. The van der Waals surface area contributed by atoms with Gasteiger partial charge in [0.1, 0.15) is 0 Å². The number of nitrogens with zero attached hydrogens (tertiary/aromatic N) is 1. The van der Waals surface area contributed by atoms with Crippen molar-refractivity contribution in [2.75, 3.05) is 26.3 Å². The number of amides is 1. The first kappa shape index (κ1) is 17.4. The van der Waals surface area contributed by atoms with Crippen LogP contribution < -0.4 is 5.32 Å². The summed E-state index contributed by atoms with van der Waals surface area (Å²) in [6.45, 7) is 5.13. The van der Waals surface area contributed by atoms with E-state index in [-0.39, 0.29) is 5.91 Å². The molecule has 1 aliphatic heterocycles. The van der Waals surface area contributed by atoms with Crippen LogP contribution in [0.1, 0.15) is 21.5 Å².